The zero-order valence-electron chi connectivity index (χ0n) is 6.80. The Labute approximate surface area is 62.6 Å². The Morgan fingerprint density at radius 3 is 2.50 bits per heavy atom. The van der Waals surface area contributed by atoms with Crippen molar-refractivity contribution in [2.45, 2.75) is 38.8 Å². The Hall–Kier alpha value is -0.0800. The van der Waals surface area contributed by atoms with Gasteiger partial charge in [0.15, 0.2) is 0 Å². The molecule has 1 heterocycles. The molecule has 2 atom stereocenters. The van der Waals surface area contributed by atoms with E-state index in [-0.39, 0.29) is 0 Å². The summed E-state index contributed by atoms with van der Waals surface area (Å²) in [6, 6.07) is 1.00. The summed E-state index contributed by atoms with van der Waals surface area (Å²) < 4.78 is 0. The summed E-state index contributed by atoms with van der Waals surface area (Å²) in [5, 5.41) is 12.2. The van der Waals surface area contributed by atoms with Crippen LogP contribution in [0, 0.1) is 5.92 Å². The molecule has 1 saturated heterocycles. The van der Waals surface area contributed by atoms with E-state index in [4.69, 9.17) is 5.11 Å². The van der Waals surface area contributed by atoms with Crippen LogP contribution < -0.4 is 5.32 Å². The highest BCUT2D eigenvalue weighted by Crippen LogP contribution is 2.17. The lowest BCUT2D eigenvalue weighted by atomic mass is 10.0. The molecule has 0 aromatic rings. The van der Waals surface area contributed by atoms with Gasteiger partial charge in [-0.2, -0.15) is 0 Å². The van der Waals surface area contributed by atoms with Crippen molar-refractivity contribution in [3.8, 4) is 0 Å². The van der Waals surface area contributed by atoms with E-state index in [1.807, 2.05) is 0 Å². The molecule has 0 amide bonds. The van der Waals surface area contributed by atoms with Crippen molar-refractivity contribution in [1.29, 1.82) is 0 Å². The van der Waals surface area contributed by atoms with Gasteiger partial charge in [-0.25, -0.2) is 0 Å². The Bertz CT molecular complexity index is 103. The Balaban J connectivity index is 2.28. The van der Waals surface area contributed by atoms with Gasteiger partial charge in [-0.15, -0.1) is 0 Å². The molecule has 60 valence electrons. The summed E-state index contributed by atoms with van der Waals surface area (Å²) in [5.41, 5.74) is 0. The van der Waals surface area contributed by atoms with E-state index >= 15 is 0 Å². The molecule has 10 heavy (non-hydrogen) atoms. The Morgan fingerprint density at radius 1 is 1.50 bits per heavy atom. The second-order valence-electron chi connectivity index (χ2n) is 3.47. The van der Waals surface area contributed by atoms with E-state index in [0.717, 1.165) is 6.42 Å². The summed E-state index contributed by atoms with van der Waals surface area (Å²) in [5.74, 6) is 0.705. The number of aliphatic hydroxyl groups is 1. The molecule has 1 aliphatic heterocycles. The lowest BCUT2D eigenvalue weighted by Gasteiger charge is -2.15. The maximum atomic E-state index is 8.80. The second-order valence-corrected chi connectivity index (χ2v) is 3.47. The predicted molar refractivity (Wildman–Crippen MR) is 41.9 cm³/mol. The molecule has 1 aliphatic rings. The molecular weight excluding hydrogens is 126 g/mol. The van der Waals surface area contributed by atoms with Gasteiger partial charge in [-0.1, -0.05) is 13.8 Å². The van der Waals surface area contributed by atoms with Gasteiger partial charge in [0.2, 0.25) is 0 Å². The lowest BCUT2D eigenvalue weighted by Crippen LogP contribution is -2.34. The average Bonchev–Trinajstić information content (AvgIpc) is 2.34. The Morgan fingerprint density at radius 2 is 2.20 bits per heavy atom. The van der Waals surface area contributed by atoms with E-state index in [0.29, 0.717) is 24.6 Å². The normalized spacial score (nSPS) is 33.6. The van der Waals surface area contributed by atoms with Crippen LogP contribution in [0.2, 0.25) is 0 Å². The zero-order chi connectivity index (χ0) is 7.56. The van der Waals surface area contributed by atoms with Gasteiger partial charge >= 0.3 is 0 Å². The van der Waals surface area contributed by atoms with Crippen LogP contribution >= 0.6 is 0 Å². The second kappa shape index (κ2) is 3.35. The van der Waals surface area contributed by atoms with Crippen LogP contribution in [0.1, 0.15) is 26.7 Å². The minimum atomic E-state index is 0.295. The average molecular weight is 143 g/mol. The first kappa shape index (κ1) is 8.02. The molecular formula is C8H17NO. The highest BCUT2D eigenvalue weighted by molar-refractivity contribution is 4.84. The van der Waals surface area contributed by atoms with Crippen molar-refractivity contribution in [1.82, 2.24) is 5.32 Å². The van der Waals surface area contributed by atoms with Crippen LogP contribution in [0.25, 0.3) is 0 Å². The maximum absolute atomic E-state index is 8.80. The zero-order valence-corrected chi connectivity index (χ0v) is 6.80. The standard InChI is InChI=1S/C8H17NO/c1-6(2)8-4-3-7(5-10)9-8/h6-10H,3-5H2,1-2H3/t7-,8+/m1/s1. The summed E-state index contributed by atoms with van der Waals surface area (Å²) in [6.07, 6.45) is 2.36. The van der Waals surface area contributed by atoms with Gasteiger partial charge < -0.3 is 10.4 Å². The highest BCUT2D eigenvalue weighted by atomic mass is 16.3. The fourth-order valence-corrected chi connectivity index (χ4v) is 1.52. The monoisotopic (exact) mass is 143 g/mol. The van der Waals surface area contributed by atoms with Gasteiger partial charge in [0.25, 0.3) is 0 Å². The lowest BCUT2D eigenvalue weighted by molar-refractivity contribution is 0.248. The van der Waals surface area contributed by atoms with Gasteiger partial charge in [0.05, 0.1) is 6.61 Å². The number of hydrogen-bond donors (Lipinski definition) is 2. The van der Waals surface area contributed by atoms with Crippen LogP contribution in [-0.4, -0.2) is 23.8 Å². The fraction of sp³-hybridized carbons (Fsp3) is 1.00. The maximum Gasteiger partial charge on any atom is 0.0584 e. The molecule has 2 nitrogen and oxygen atoms in total. The summed E-state index contributed by atoms with van der Waals surface area (Å²) >= 11 is 0. The van der Waals surface area contributed by atoms with Gasteiger partial charge in [0.1, 0.15) is 0 Å². The smallest absolute Gasteiger partial charge is 0.0584 e. The highest BCUT2D eigenvalue weighted by Gasteiger charge is 2.24. The van der Waals surface area contributed by atoms with Crippen molar-refractivity contribution < 1.29 is 5.11 Å². The summed E-state index contributed by atoms with van der Waals surface area (Å²) in [7, 11) is 0. The molecule has 0 saturated carbocycles. The third-order valence-corrected chi connectivity index (χ3v) is 2.30. The van der Waals surface area contributed by atoms with E-state index < -0.39 is 0 Å². The molecule has 0 aromatic heterocycles. The SMILES string of the molecule is CC(C)[C@@H]1CC[C@H](CO)N1. The molecule has 0 aromatic carbocycles. The van der Waals surface area contributed by atoms with Crippen LogP contribution in [0.15, 0.2) is 0 Å². The van der Waals surface area contributed by atoms with E-state index in [2.05, 4.69) is 19.2 Å². The van der Waals surface area contributed by atoms with E-state index in [1.54, 1.807) is 0 Å². The molecule has 0 aliphatic carbocycles. The number of nitrogens with one attached hydrogen (secondary N) is 1. The minimum absolute atomic E-state index is 0.295. The van der Waals surface area contributed by atoms with Gasteiger partial charge in [0, 0.05) is 12.1 Å². The first-order chi connectivity index (χ1) is 4.74. The molecule has 1 rings (SSSR count). The third-order valence-electron chi connectivity index (χ3n) is 2.30. The molecule has 0 radical (unpaired) electrons. The Kier molecular flexibility index (Phi) is 2.69. The molecule has 2 heteroatoms. The van der Waals surface area contributed by atoms with E-state index in [9.17, 15) is 0 Å². The van der Waals surface area contributed by atoms with Crippen LogP contribution in [0.4, 0.5) is 0 Å². The topological polar surface area (TPSA) is 32.3 Å². The first-order valence-corrected chi connectivity index (χ1v) is 4.11. The van der Waals surface area contributed by atoms with Gasteiger partial charge in [-0.05, 0) is 18.8 Å². The van der Waals surface area contributed by atoms with Crippen molar-refractivity contribution in [3.63, 3.8) is 0 Å². The predicted octanol–water partition coefficient (Wildman–Crippen LogP) is 0.755. The largest absolute Gasteiger partial charge is 0.395 e. The third kappa shape index (κ3) is 1.70. The van der Waals surface area contributed by atoms with Gasteiger partial charge in [-0.3, -0.25) is 0 Å². The number of aliphatic hydroxyl groups excluding tert-OH is 1. The fourth-order valence-electron chi connectivity index (χ4n) is 1.52. The van der Waals surface area contributed by atoms with Crippen LogP contribution in [0.5, 0.6) is 0 Å². The van der Waals surface area contributed by atoms with Crippen molar-refractivity contribution in [2.24, 2.45) is 5.92 Å². The molecule has 2 N–H and O–H groups in total. The summed E-state index contributed by atoms with van der Waals surface area (Å²) in [6.45, 7) is 4.73. The molecule has 0 unspecified atom stereocenters. The molecule has 0 spiro atoms. The van der Waals surface area contributed by atoms with Crippen LogP contribution in [-0.2, 0) is 0 Å². The molecule has 1 fully saturated rings. The van der Waals surface area contributed by atoms with Crippen molar-refractivity contribution in [2.75, 3.05) is 6.61 Å². The number of hydrogen-bond acceptors (Lipinski definition) is 2. The van der Waals surface area contributed by atoms with Crippen molar-refractivity contribution in [3.05, 3.63) is 0 Å². The van der Waals surface area contributed by atoms with Crippen LogP contribution in [0.3, 0.4) is 0 Å². The first-order valence-electron chi connectivity index (χ1n) is 4.11. The number of rotatable bonds is 2. The summed E-state index contributed by atoms with van der Waals surface area (Å²) in [4.78, 5) is 0. The molecule has 0 bridgehead atoms. The quantitative estimate of drug-likeness (QED) is 0.598. The van der Waals surface area contributed by atoms with Crippen molar-refractivity contribution >= 4 is 0 Å². The minimum Gasteiger partial charge on any atom is -0.395 e. The van der Waals surface area contributed by atoms with E-state index in [1.165, 1.54) is 6.42 Å².